The second-order valence-electron chi connectivity index (χ2n) is 6.35. The van der Waals surface area contributed by atoms with Crippen molar-refractivity contribution in [2.24, 2.45) is 0 Å². The SMILES string of the molecule is CCCCCCOC(=O)c1ccc2c(c1)C(=O)c1cc(C(=O)O)ccc1-2. The number of carbonyl (C=O) groups excluding carboxylic acids is 2. The van der Waals surface area contributed by atoms with Crippen molar-refractivity contribution in [2.45, 2.75) is 32.6 Å². The van der Waals surface area contributed by atoms with Crippen LogP contribution in [0.4, 0.5) is 0 Å². The van der Waals surface area contributed by atoms with Crippen LogP contribution in [0, 0.1) is 0 Å². The van der Waals surface area contributed by atoms with Gasteiger partial charge in [0.15, 0.2) is 5.78 Å². The van der Waals surface area contributed by atoms with E-state index in [-0.39, 0.29) is 11.3 Å². The van der Waals surface area contributed by atoms with Crippen LogP contribution in [0.3, 0.4) is 0 Å². The fourth-order valence-corrected chi connectivity index (χ4v) is 3.12. The molecule has 0 spiro atoms. The molecule has 5 heteroatoms. The van der Waals surface area contributed by atoms with E-state index in [2.05, 4.69) is 6.92 Å². The highest BCUT2D eigenvalue weighted by molar-refractivity contribution is 6.22. The van der Waals surface area contributed by atoms with Crippen LogP contribution >= 0.6 is 0 Å². The molecule has 0 saturated heterocycles. The molecule has 2 aromatic rings. The van der Waals surface area contributed by atoms with Crippen molar-refractivity contribution >= 4 is 17.7 Å². The number of ether oxygens (including phenoxy) is 1. The molecule has 1 aliphatic carbocycles. The minimum atomic E-state index is -1.08. The maximum atomic E-state index is 12.6. The normalized spacial score (nSPS) is 11.8. The van der Waals surface area contributed by atoms with E-state index in [0.29, 0.717) is 34.4 Å². The Bertz CT molecular complexity index is 882. The summed E-state index contributed by atoms with van der Waals surface area (Å²) in [6, 6.07) is 9.38. The summed E-state index contributed by atoms with van der Waals surface area (Å²) in [4.78, 5) is 35.9. The molecular formula is C21H20O5. The number of rotatable bonds is 7. The third-order valence-corrected chi connectivity index (χ3v) is 4.53. The number of aromatic carboxylic acids is 1. The lowest BCUT2D eigenvalue weighted by atomic mass is 10.0. The summed E-state index contributed by atoms with van der Waals surface area (Å²) in [5.41, 5.74) is 2.55. The summed E-state index contributed by atoms with van der Waals surface area (Å²) in [7, 11) is 0. The first-order chi connectivity index (χ1) is 12.5. The molecule has 0 aromatic heterocycles. The molecule has 1 aliphatic rings. The minimum absolute atomic E-state index is 0.0663. The van der Waals surface area contributed by atoms with Gasteiger partial charge >= 0.3 is 11.9 Å². The summed E-state index contributed by atoms with van der Waals surface area (Å²) in [6.07, 6.45) is 4.08. The first kappa shape index (κ1) is 17.9. The quantitative estimate of drug-likeness (QED) is 0.505. The minimum Gasteiger partial charge on any atom is -0.478 e. The number of esters is 1. The lowest BCUT2D eigenvalue weighted by Crippen LogP contribution is -2.07. The average Bonchev–Trinajstić information content (AvgIpc) is 2.93. The van der Waals surface area contributed by atoms with Crippen LogP contribution in [0.2, 0.25) is 0 Å². The highest BCUT2D eigenvalue weighted by atomic mass is 16.5. The van der Waals surface area contributed by atoms with Crippen molar-refractivity contribution in [2.75, 3.05) is 6.61 Å². The molecule has 0 atom stereocenters. The molecule has 0 radical (unpaired) electrons. The molecule has 0 aliphatic heterocycles. The molecule has 0 unspecified atom stereocenters. The molecule has 0 bridgehead atoms. The van der Waals surface area contributed by atoms with Gasteiger partial charge in [0, 0.05) is 11.1 Å². The van der Waals surface area contributed by atoms with Crippen LogP contribution in [0.15, 0.2) is 36.4 Å². The van der Waals surface area contributed by atoms with Crippen molar-refractivity contribution < 1.29 is 24.2 Å². The van der Waals surface area contributed by atoms with Crippen LogP contribution in [0.5, 0.6) is 0 Å². The summed E-state index contributed by atoms with van der Waals surface area (Å²) in [6.45, 7) is 2.48. The standard InChI is InChI=1S/C21H20O5/c1-2-3-4-5-10-26-21(25)14-7-9-16-15-8-6-13(20(23)24)11-17(15)19(22)18(16)12-14/h6-9,11-12H,2-5,10H2,1H3,(H,23,24). The zero-order valence-electron chi connectivity index (χ0n) is 14.6. The zero-order valence-corrected chi connectivity index (χ0v) is 14.6. The van der Waals surface area contributed by atoms with E-state index < -0.39 is 11.9 Å². The molecule has 0 heterocycles. The second kappa shape index (κ2) is 7.52. The van der Waals surface area contributed by atoms with Gasteiger partial charge in [-0.25, -0.2) is 9.59 Å². The van der Waals surface area contributed by atoms with Gasteiger partial charge in [-0.15, -0.1) is 0 Å². The smallest absolute Gasteiger partial charge is 0.338 e. The van der Waals surface area contributed by atoms with Crippen molar-refractivity contribution in [1.82, 2.24) is 0 Å². The Morgan fingerprint density at radius 3 is 2.12 bits per heavy atom. The number of benzene rings is 2. The number of fused-ring (bicyclic) bond motifs is 3. The summed E-state index contributed by atoms with van der Waals surface area (Å²) in [5.74, 6) is -1.79. The van der Waals surface area contributed by atoms with Gasteiger partial charge in [-0.1, -0.05) is 38.3 Å². The molecule has 2 aromatic carbocycles. The number of unbranched alkanes of at least 4 members (excludes halogenated alkanes) is 3. The lowest BCUT2D eigenvalue weighted by molar-refractivity contribution is 0.0497. The van der Waals surface area contributed by atoms with Crippen LogP contribution in [-0.4, -0.2) is 29.4 Å². The Hall–Kier alpha value is -2.95. The van der Waals surface area contributed by atoms with Crippen molar-refractivity contribution in [3.05, 3.63) is 58.7 Å². The number of carbonyl (C=O) groups is 3. The van der Waals surface area contributed by atoms with Crippen molar-refractivity contribution in [3.8, 4) is 11.1 Å². The summed E-state index contributed by atoms with van der Waals surface area (Å²) in [5, 5.41) is 9.10. The van der Waals surface area contributed by atoms with E-state index in [9.17, 15) is 14.4 Å². The number of ketones is 1. The predicted molar refractivity (Wildman–Crippen MR) is 96.7 cm³/mol. The van der Waals surface area contributed by atoms with Gasteiger partial charge in [0.1, 0.15) is 0 Å². The maximum absolute atomic E-state index is 12.6. The highest BCUT2D eigenvalue weighted by Gasteiger charge is 2.28. The Kier molecular flexibility index (Phi) is 5.16. The fraction of sp³-hybridized carbons (Fsp3) is 0.286. The first-order valence-corrected chi connectivity index (χ1v) is 8.76. The topological polar surface area (TPSA) is 80.7 Å². The molecule has 134 valence electrons. The highest BCUT2D eigenvalue weighted by Crippen LogP contribution is 2.37. The van der Waals surface area contributed by atoms with E-state index in [1.165, 1.54) is 18.2 Å². The summed E-state index contributed by atoms with van der Waals surface area (Å²) < 4.78 is 5.27. The maximum Gasteiger partial charge on any atom is 0.338 e. The predicted octanol–water partition coefficient (Wildman–Crippen LogP) is 4.33. The first-order valence-electron chi connectivity index (χ1n) is 8.76. The monoisotopic (exact) mass is 352 g/mol. The van der Waals surface area contributed by atoms with E-state index in [1.54, 1.807) is 18.2 Å². The molecule has 1 N–H and O–H groups in total. The number of carboxylic acids is 1. The van der Waals surface area contributed by atoms with E-state index in [0.717, 1.165) is 25.7 Å². The molecule has 0 amide bonds. The van der Waals surface area contributed by atoms with Gasteiger partial charge < -0.3 is 9.84 Å². The number of carboxylic acid groups (broad SMARTS) is 1. The molecular weight excluding hydrogens is 332 g/mol. The van der Waals surface area contributed by atoms with E-state index >= 15 is 0 Å². The van der Waals surface area contributed by atoms with Gasteiger partial charge in [-0.2, -0.15) is 0 Å². The van der Waals surface area contributed by atoms with Crippen molar-refractivity contribution in [1.29, 1.82) is 0 Å². The molecule has 5 nitrogen and oxygen atoms in total. The molecule has 26 heavy (non-hydrogen) atoms. The third-order valence-electron chi connectivity index (χ3n) is 4.53. The second-order valence-corrected chi connectivity index (χ2v) is 6.35. The fourth-order valence-electron chi connectivity index (χ4n) is 3.12. The van der Waals surface area contributed by atoms with Crippen LogP contribution in [-0.2, 0) is 4.74 Å². The van der Waals surface area contributed by atoms with Gasteiger partial charge in [0.2, 0.25) is 0 Å². The van der Waals surface area contributed by atoms with Crippen molar-refractivity contribution in [3.63, 3.8) is 0 Å². The van der Waals surface area contributed by atoms with Gasteiger partial charge in [-0.05, 0) is 41.8 Å². The van der Waals surface area contributed by atoms with Gasteiger partial charge in [-0.3, -0.25) is 4.79 Å². The van der Waals surface area contributed by atoms with E-state index in [1.807, 2.05) is 0 Å². The Labute approximate surface area is 151 Å². The Balaban J connectivity index is 1.78. The number of hydrogen-bond donors (Lipinski definition) is 1. The molecule has 3 rings (SSSR count). The van der Waals surface area contributed by atoms with Crippen LogP contribution < -0.4 is 0 Å². The molecule has 0 saturated carbocycles. The van der Waals surface area contributed by atoms with Crippen LogP contribution in [0.1, 0.15) is 69.2 Å². The third kappa shape index (κ3) is 3.38. The van der Waals surface area contributed by atoms with Gasteiger partial charge in [0.25, 0.3) is 0 Å². The van der Waals surface area contributed by atoms with Crippen LogP contribution in [0.25, 0.3) is 11.1 Å². The average molecular weight is 352 g/mol. The Morgan fingerprint density at radius 1 is 0.885 bits per heavy atom. The Morgan fingerprint density at radius 2 is 1.50 bits per heavy atom. The van der Waals surface area contributed by atoms with E-state index in [4.69, 9.17) is 9.84 Å². The largest absolute Gasteiger partial charge is 0.478 e. The summed E-state index contributed by atoms with van der Waals surface area (Å²) >= 11 is 0. The zero-order chi connectivity index (χ0) is 18.7. The molecule has 0 fully saturated rings. The van der Waals surface area contributed by atoms with Gasteiger partial charge in [0.05, 0.1) is 17.7 Å². The lowest BCUT2D eigenvalue weighted by Gasteiger charge is -2.06. The number of hydrogen-bond acceptors (Lipinski definition) is 4.